The molecule has 1 aromatic heterocycles. The Kier molecular flexibility index (Phi) is 4.67. The second-order valence-electron chi connectivity index (χ2n) is 6.17. The molecule has 3 rings (SSSR count). The highest BCUT2D eigenvalue weighted by Gasteiger charge is 2.53. The van der Waals surface area contributed by atoms with E-state index in [-0.39, 0.29) is 16.6 Å². The summed E-state index contributed by atoms with van der Waals surface area (Å²) in [5.41, 5.74) is -1.54. The van der Waals surface area contributed by atoms with Gasteiger partial charge in [0.15, 0.2) is 5.60 Å². The first-order chi connectivity index (χ1) is 12.1. The molecule has 0 aliphatic carbocycles. The van der Waals surface area contributed by atoms with Gasteiger partial charge in [-0.3, -0.25) is 0 Å². The van der Waals surface area contributed by atoms with Crippen LogP contribution in [0.15, 0.2) is 42.5 Å². The Balaban J connectivity index is 2.18. The number of aliphatic hydroxyl groups is 1. The van der Waals surface area contributed by atoms with Crippen molar-refractivity contribution in [1.29, 1.82) is 0 Å². The second kappa shape index (κ2) is 6.52. The van der Waals surface area contributed by atoms with E-state index in [9.17, 15) is 18.3 Å². The van der Waals surface area contributed by atoms with Gasteiger partial charge >= 0.3 is 6.18 Å². The zero-order chi connectivity index (χ0) is 19.1. The van der Waals surface area contributed by atoms with Crippen LogP contribution in [0.4, 0.5) is 13.2 Å². The molecule has 0 bridgehead atoms. The van der Waals surface area contributed by atoms with E-state index in [0.717, 1.165) is 12.5 Å². The lowest BCUT2D eigenvalue weighted by atomic mass is 9.89. The Morgan fingerprint density at radius 1 is 1.08 bits per heavy atom. The molecule has 2 aromatic carbocycles. The number of hydrogen-bond donors (Lipinski definition) is 2. The number of benzene rings is 2. The van der Waals surface area contributed by atoms with Gasteiger partial charge in [0.25, 0.3) is 0 Å². The molecule has 2 nitrogen and oxygen atoms in total. The molecule has 26 heavy (non-hydrogen) atoms. The number of aromatic nitrogens is 1. The lowest BCUT2D eigenvalue weighted by molar-refractivity contribution is -0.258. The number of halogens is 4. The van der Waals surface area contributed by atoms with Gasteiger partial charge in [0.2, 0.25) is 0 Å². The van der Waals surface area contributed by atoms with Gasteiger partial charge in [0.05, 0.1) is 0 Å². The molecule has 0 aliphatic rings. The molecule has 0 aliphatic heterocycles. The Morgan fingerprint density at radius 3 is 2.35 bits per heavy atom. The third-order valence-corrected chi connectivity index (χ3v) is 4.45. The minimum absolute atomic E-state index is 0.155. The fourth-order valence-electron chi connectivity index (χ4n) is 2.78. The van der Waals surface area contributed by atoms with Crippen molar-refractivity contribution in [2.75, 3.05) is 0 Å². The number of hydrogen-bond acceptors (Lipinski definition) is 1. The summed E-state index contributed by atoms with van der Waals surface area (Å²) in [6.45, 7) is 0.742. The third-order valence-electron chi connectivity index (χ3n) is 4.20. The highest BCUT2D eigenvalue weighted by Crippen LogP contribution is 2.43. The predicted molar refractivity (Wildman–Crippen MR) is 99.7 cm³/mol. The molecule has 0 fully saturated rings. The van der Waals surface area contributed by atoms with Crippen molar-refractivity contribution in [1.82, 2.24) is 4.98 Å². The van der Waals surface area contributed by atoms with Gasteiger partial charge in [-0.25, -0.2) is 0 Å². The maximum atomic E-state index is 13.5. The SMILES string of the molecule is [B]c1ccc2c(C(C)(O)C(F)(F)F)c(/C=C/c3ccc(Cl)cc3)[nH]c2c1. The number of nitrogens with one attached hydrogen (secondary N) is 1. The first-order valence-corrected chi connectivity index (χ1v) is 8.12. The standard InChI is InChI=1S/C19H14BClF3NO/c1-18(26,19(22,23)24)17-14-8-5-12(20)10-16(14)25-15(17)9-4-11-2-6-13(21)7-3-11/h2-10,25-26H,1H3/b9-4+. The van der Waals surface area contributed by atoms with E-state index < -0.39 is 11.8 Å². The summed E-state index contributed by atoms with van der Waals surface area (Å²) in [6, 6.07) is 11.3. The number of alkyl halides is 3. The normalized spacial score (nSPS) is 14.8. The van der Waals surface area contributed by atoms with Crippen molar-refractivity contribution < 1.29 is 18.3 Å². The molecular formula is C19H14BClF3NO. The molecule has 0 saturated heterocycles. The molecule has 2 N–H and O–H groups in total. The lowest BCUT2D eigenvalue weighted by Crippen LogP contribution is -2.39. The van der Waals surface area contributed by atoms with Crippen LogP contribution in [0.3, 0.4) is 0 Å². The van der Waals surface area contributed by atoms with E-state index in [1.165, 1.54) is 24.3 Å². The summed E-state index contributed by atoms with van der Waals surface area (Å²) < 4.78 is 40.4. The molecule has 1 unspecified atom stereocenters. The van der Waals surface area contributed by atoms with Crippen LogP contribution in [-0.2, 0) is 5.60 Å². The number of rotatable bonds is 3. The Labute approximate surface area is 154 Å². The van der Waals surface area contributed by atoms with Crippen LogP contribution >= 0.6 is 11.6 Å². The molecule has 1 heterocycles. The number of H-pyrrole nitrogens is 1. The van der Waals surface area contributed by atoms with Crippen LogP contribution in [0.1, 0.15) is 23.7 Å². The van der Waals surface area contributed by atoms with E-state index in [4.69, 9.17) is 19.4 Å². The average molecular weight is 376 g/mol. The smallest absolute Gasteiger partial charge is 0.376 e. The van der Waals surface area contributed by atoms with Crippen molar-refractivity contribution in [3.63, 3.8) is 0 Å². The van der Waals surface area contributed by atoms with Gasteiger partial charge in [0.1, 0.15) is 7.85 Å². The van der Waals surface area contributed by atoms with E-state index in [2.05, 4.69) is 4.98 Å². The summed E-state index contributed by atoms with van der Waals surface area (Å²) >= 11 is 5.83. The molecule has 2 radical (unpaired) electrons. The highest BCUT2D eigenvalue weighted by molar-refractivity contribution is 6.33. The molecule has 1 atom stereocenters. The molecular weight excluding hydrogens is 361 g/mol. The average Bonchev–Trinajstić information content (AvgIpc) is 2.91. The predicted octanol–water partition coefficient (Wildman–Crippen LogP) is 4.56. The third kappa shape index (κ3) is 3.39. The molecule has 132 valence electrons. The fraction of sp³-hybridized carbons (Fsp3) is 0.158. The molecule has 0 saturated carbocycles. The fourth-order valence-corrected chi connectivity index (χ4v) is 2.91. The lowest BCUT2D eigenvalue weighted by Gasteiger charge is -2.27. The van der Waals surface area contributed by atoms with Crippen molar-refractivity contribution in [3.05, 3.63) is 64.3 Å². The Morgan fingerprint density at radius 2 is 1.73 bits per heavy atom. The zero-order valence-corrected chi connectivity index (χ0v) is 14.5. The van der Waals surface area contributed by atoms with Crippen molar-refractivity contribution in [2.45, 2.75) is 18.7 Å². The quantitative estimate of drug-likeness (QED) is 0.647. The van der Waals surface area contributed by atoms with Crippen molar-refractivity contribution in [2.24, 2.45) is 0 Å². The Hall–Kier alpha value is -2.18. The van der Waals surface area contributed by atoms with E-state index in [1.54, 1.807) is 30.3 Å². The number of fused-ring (bicyclic) bond motifs is 1. The van der Waals surface area contributed by atoms with Gasteiger partial charge in [-0.15, -0.1) is 0 Å². The van der Waals surface area contributed by atoms with Gasteiger partial charge in [-0.05, 0) is 36.8 Å². The maximum absolute atomic E-state index is 13.5. The first-order valence-electron chi connectivity index (χ1n) is 7.74. The van der Waals surface area contributed by atoms with Crippen LogP contribution in [0.2, 0.25) is 5.02 Å². The topological polar surface area (TPSA) is 36.0 Å². The molecule has 0 spiro atoms. The highest BCUT2D eigenvalue weighted by atomic mass is 35.5. The summed E-state index contributed by atoms with van der Waals surface area (Å²) in [7, 11) is 5.72. The zero-order valence-electron chi connectivity index (χ0n) is 13.7. The summed E-state index contributed by atoms with van der Waals surface area (Å²) in [5, 5.41) is 11.1. The van der Waals surface area contributed by atoms with Crippen LogP contribution in [0.5, 0.6) is 0 Å². The summed E-state index contributed by atoms with van der Waals surface area (Å²) in [6.07, 6.45) is -1.71. The largest absolute Gasteiger partial charge is 0.421 e. The molecule has 0 amide bonds. The summed E-state index contributed by atoms with van der Waals surface area (Å²) in [5.74, 6) is 0. The van der Waals surface area contributed by atoms with Crippen LogP contribution < -0.4 is 5.46 Å². The van der Waals surface area contributed by atoms with Crippen LogP contribution in [-0.4, -0.2) is 24.1 Å². The van der Waals surface area contributed by atoms with Crippen molar-refractivity contribution >= 4 is 48.0 Å². The first kappa shape index (κ1) is 18.6. The minimum atomic E-state index is -4.84. The Bertz CT molecular complexity index is 975. The summed E-state index contributed by atoms with van der Waals surface area (Å²) in [4.78, 5) is 2.91. The van der Waals surface area contributed by atoms with Gasteiger partial charge in [-0.1, -0.05) is 47.4 Å². The molecule has 7 heteroatoms. The van der Waals surface area contributed by atoms with E-state index in [1.807, 2.05) is 0 Å². The van der Waals surface area contributed by atoms with Gasteiger partial charge < -0.3 is 10.1 Å². The van der Waals surface area contributed by atoms with Crippen LogP contribution in [0.25, 0.3) is 23.1 Å². The maximum Gasteiger partial charge on any atom is 0.421 e. The van der Waals surface area contributed by atoms with Gasteiger partial charge in [-0.2, -0.15) is 13.2 Å². The number of aromatic amines is 1. The van der Waals surface area contributed by atoms with E-state index >= 15 is 0 Å². The van der Waals surface area contributed by atoms with Crippen molar-refractivity contribution in [3.8, 4) is 0 Å². The monoisotopic (exact) mass is 375 g/mol. The molecule has 3 aromatic rings. The second-order valence-corrected chi connectivity index (χ2v) is 6.61. The minimum Gasteiger partial charge on any atom is -0.376 e. The van der Waals surface area contributed by atoms with E-state index in [0.29, 0.717) is 16.0 Å². The van der Waals surface area contributed by atoms with Gasteiger partial charge in [0, 0.05) is 27.2 Å². The van der Waals surface area contributed by atoms with Crippen LogP contribution in [0, 0.1) is 0 Å².